The van der Waals surface area contributed by atoms with Crippen LogP contribution in [-0.4, -0.2) is 28.1 Å². The van der Waals surface area contributed by atoms with Gasteiger partial charge in [-0.15, -0.1) is 0 Å². The van der Waals surface area contributed by atoms with Gasteiger partial charge in [0, 0.05) is 0 Å². The summed E-state index contributed by atoms with van der Waals surface area (Å²) in [5.41, 5.74) is 0. The summed E-state index contributed by atoms with van der Waals surface area (Å²) in [6.45, 7) is 0. The minimum Gasteiger partial charge on any atom is -0.427 e. The van der Waals surface area contributed by atoms with Crippen LogP contribution in [0, 0.1) is 0 Å². The molecule has 140 valence electrons. The lowest BCUT2D eigenvalue weighted by Crippen LogP contribution is -2.50. The number of hydrogen-bond donors (Lipinski definition) is 0. The van der Waals surface area contributed by atoms with Crippen molar-refractivity contribution in [3.8, 4) is 0 Å². The largest absolute Gasteiger partial charge is 0.427 e. The molecule has 0 aliphatic carbocycles. The van der Waals surface area contributed by atoms with Crippen LogP contribution in [0.2, 0.25) is 0 Å². The smallest absolute Gasteiger partial charge is 0.410 e. The molecule has 2 nitrogen and oxygen atoms in total. The summed E-state index contributed by atoms with van der Waals surface area (Å²) < 4.78 is 12.8. The first-order valence-electron chi connectivity index (χ1n) is 9.46. The van der Waals surface area contributed by atoms with Gasteiger partial charge in [0.1, 0.15) is 0 Å². The average molecular weight is 425 g/mol. The lowest BCUT2D eigenvalue weighted by Gasteiger charge is -2.19. The molecule has 4 aromatic rings. The third-order valence-electron chi connectivity index (χ3n) is 4.43. The first-order valence-corrected chi connectivity index (χ1v) is 13.1. The van der Waals surface area contributed by atoms with E-state index in [2.05, 4.69) is 97.1 Å². The van der Waals surface area contributed by atoms with Gasteiger partial charge in [-0.25, -0.2) is 0 Å². The molecule has 0 N–H and O–H groups in total. The van der Waals surface area contributed by atoms with E-state index >= 15 is 0 Å². The monoisotopic (exact) mass is 424 g/mol. The molecule has 0 unspecified atom stereocenters. The highest BCUT2D eigenvalue weighted by atomic mass is 28.4. The van der Waals surface area contributed by atoms with Crippen molar-refractivity contribution in [1.82, 2.24) is 0 Å². The third-order valence-corrected chi connectivity index (χ3v) is 10.2. The zero-order valence-electron chi connectivity index (χ0n) is 15.9. The molecule has 5 heteroatoms. The number of benzene rings is 4. The van der Waals surface area contributed by atoms with Crippen molar-refractivity contribution in [3.63, 3.8) is 0 Å². The van der Waals surface area contributed by atoms with Gasteiger partial charge < -0.3 is 8.23 Å². The number of hydrogen-bond acceptors (Lipinski definition) is 2. The molecule has 29 heavy (non-hydrogen) atoms. The van der Waals surface area contributed by atoms with Crippen LogP contribution in [0.3, 0.4) is 0 Å². The fourth-order valence-corrected chi connectivity index (χ4v) is 8.77. The Bertz CT molecular complexity index is 822. The highest BCUT2D eigenvalue weighted by molar-refractivity contribution is 6.85. The second-order valence-electron chi connectivity index (χ2n) is 6.41. The normalized spacial score (nSPS) is 11.1. The Hall–Kier alpha value is -2.55. The second kappa shape index (κ2) is 10.3. The van der Waals surface area contributed by atoms with E-state index in [9.17, 15) is 0 Å². The molecule has 0 aliphatic rings. The average Bonchev–Trinajstić information content (AvgIpc) is 2.81. The summed E-state index contributed by atoms with van der Waals surface area (Å²) >= 11 is 0. The van der Waals surface area contributed by atoms with E-state index in [1.54, 1.807) is 0 Å². The van der Waals surface area contributed by atoms with Gasteiger partial charge in [0.15, 0.2) is 0 Å². The Labute approximate surface area is 178 Å². The summed E-state index contributed by atoms with van der Waals surface area (Å²) in [6, 6.07) is 41.9. The molecule has 0 atom stereocenters. The van der Waals surface area contributed by atoms with Crippen molar-refractivity contribution in [1.29, 1.82) is 0 Å². The van der Waals surface area contributed by atoms with Crippen molar-refractivity contribution >= 4 is 48.8 Å². The van der Waals surface area contributed by atoms with Gasteiger partial charge in [-0.05, 0) is 20.7 Å². The van der Waals surface area contributed by atoms with Crippen molar-refractivity contribution in [3.05, 3.63) is 121 Å². The minimum atomic E-state index is -1.35. The van der Waals surface area contributed by atoms with E-state index < -0.39 is 18.1 Å². The van der Waals surface area contributed by atoms with Crippen molar-refractivity contribution in [2.24, 2.45) is 0 Å². The Morgan fingerprint density at radius 3 is 0.862 bits per heavy atom. The maximum atomic E-state index is 6.42. The molecular weight excluding hydrogens is 405 g/mol. The summed E-state index contributed by atoms with van der Waals surface area (Å²) in [4.78, 5) is 0. The van der Waals surface area contributed by atoms with Crippen LogP contribution >= 0.6 is 0 Å². The van der Waals surface area contributed by atoms with Gasteiger partial charge in [-0.1, -0.05) is 121 Å². The highest BCUT2D eigenvalue weighted by Gasteiger charge is 2.23. The van der Waals surface area contributed by atoms with Gasteiger partial charge in [-0.3, -0.25) is 0 Å². The topological polar surface area (TPSA) is 18.5 Å². The standard InChI is InChI=1S/C24H20O2Si3/c1-5-13-21(14-6-1)28(22-15-7-2-8-16-22)25-27-26-29(23-17-9-3-10-18-23)24-19-11-4-12-20-24/h1-20H. The van der Waals surface area contributed by atoms with Crippen LogP contribution in [0.1, 0.15) is 0 Å². The molecule has 4 rings (SSSR count). The first kappa shape index (κ1) is 19.8. The van der Waals surface area contributed by atoms with E-state index in [0.29, 0.717) is 0 Å². The fourth-order valence-electron chi connectivity index (χ4n) is 3.03. The van der Waals surface area contributed by atoms with Gasteiger partial charge in [0.25, 0.3) is 18.1 Å². The van der Waals surface area contributed by atoms with E-state index in [0.717, 1.165) is 0 Å². The van der Waals surface area contributed by atoms with Crippen molar-refractivity contribution in [2.75, 3.05) is 0 Å². The maximum Gasteiger partial charge on any atom is 0.410 e. The molecule has 0 bridgehead atoms. The Kier molecular flexibility index (Phi) is 7.01. The lowest BCUT2D eigenvalue weighted by molar-refractivity contribution is 0.489. The summed E-state index contributed by atoms with van der Waals surface area (Å²) in [5, 5.41) is 4.92. The van der Waals surface area contributed by atoms with E-state index in [1.807, 2.05) is 24.3 Å². The second-order valence-corrected chi connectivity index (χ2v) is 11.8. The van der Waals surface area contributed by atoms with Crippen LogP contribution in [-0.2, 0) is 8.23 Å². The molecule has 4 radical (unpaired) electrons. The number of rotatable bonds is 8. The predicted octanol–water partition coefficient (Wildman–Crippen LogP) is 2.17. The molecular formula is C24H20O2Si3. The zero-order valence-corrected chi connectivity index (χ0v) is 18.9. The minimum absolute atomic E-state index is 0.0145. The van der Waals surface area contributed by atoms with Crippen molar-refractivity contribution in [2.45, 2.75) is 0 Å². The summed E-state index contributed by atoms with van der Waals surface area (Å²) in [7, 11) is -2.72. The van der Waals surface area contributed by atoms with Crippen molar-refractivity contribution < 1.29 is 8.23 Å². The van der Waals surface area contributed by atoms with E-state index in [1.165, 1.54) is 20.7 Å². The van der Waals surface area contributed by atoms with Gasteiger partial charge >= 0.3 is 10.0 Å². The van der Waals surface area contributed by atoms with Gasteiger partial charge in [-0.2, -0.15) is 0 Å². The first-order chi connectivity index (χ1) is 14.4. The van der Waals surface area contributed by atoms with Crippen LogP contribution in [0.25, 0.3) is 0 Å². The van der Waals surface area contributed by atoms with Crippen LogP contribution in [0.15, 0.2) is 121 Å². The fraction of sp³-hybridized carbons (Fsp3) is 0. The van der Waals surface area contributed by atoms with Crippen LogP contribution in [0.4, 0.5) is 0 Å². The van der Waals surface area contributed by atoms with Gasteiger partial charge in [0.05, 0.1) is 0 Å². The SMILES string of the molecule is c1ccc([Si](O[Si]O[Si](c2ccccc2)c2ccccc2)c2ccccc2)cc1. The molecule has 0 fully saturated rings. The molecule has 0 heterocycles. The molecule has 0 saturated heterocycles. The Balaban J connectivity index is 1.53. The van der Waals surface area contributed by atoms with Crippen LogP contribution in [0.5, 0.6) is 0 Å². The lowest BCUT2D eigenvalue weighted by atomic mass is 10.4. The quantitative estimate of drug-likeness (QED) is 0.404. The summed E-state index contributed by atoms with van der Waals surface area (Å²) in [6.07, 6.45) is 0. The van der Waals surface area contributed by atoms with E-state index in [-0.39, 0.29) is 10.0 Å². The third kappa shape index (κ3) is 5.29. The maximum absolute atomic E-state index is 6.42. The Morgan fingerprint density at radius 2 is 0.621 bits per heavy atom. The van der Waals surface area contributed by atoms with Gasteiger partial charge in [0.2, 0.25) is 0 Å². The van der Waals surface area contributed by atoms with E-state index in [4.69, 9.17) is 8.23 Å². The molecule has 0 saturated carbocycles. The molecule has 0 aromatic heterocycles. The molecule has 0 aliphatic heterocycles. The molecule has 4 aromatic carbocycles. The van der Waals surface area contributed by atoms with Crippen LogP contribution < -0.4 is 20.7 Å². The highest BCUT2D eigenvalue weighted by Crippen LogP contribution is 1.98. The Morgan fingerprint density at radius 1 is 0.379 bits per heavy atom. The zero-order chi connectivity index (χ0) is 19.7. The summed E-state index contributed by atoms with van der Waals surface area (Å²) in [5.74, 6) is 0. The predicted molar refractivity (Wildman–Crippen MR) is 124 cm³/mol. The molecule has 0 spiro atoms. The molecule has 0 amide bonds.